The predicted octanol–water partition coefficient (Wildman–Crippen LogP) is 3.10. The number of thiazole rings is 1. The van der Waals surface area contributed by atoms with Crippen molar-refractivity contribution in [2.24, 2.45) is 5.10 Å². The number of hydrogen-bond acceptors (Lipinski definition) is 7. The average Bonchev–Trinajstić information content (AvgIpc) is 3.27. The van der Waals surface area contributed by atoms with Crippen LogP contribution in [0.4, 0.5) is 5.13 Å². The Morgan fingerprint density at radius 3 is 2.84 bits per heavy atom. The summed E-state index contributed by atoms with van der Waals surface area (Å²) in [6.45, 7) is 0. The molecule has 2 heterocycles. The number of hydrazone groups is 1. The molecule has 0 aliphatic heterocycles. The van der Waals surface area contributed by atoms with E-state index in [0.29, 0.717) is 16.6 Å². The predicted molar refractivity (Wildman–Crippen MR) is 98.3 cm³/mol. The van der Waals surface area contributed by atoms with Crippen LogP contribution in [0.2, 0.25) is 0 Å². The molecule has 0 radical (unpaired) electrons. The number of rotatable bonds is 6. The van der Waals surface area contributed by atoms with Crippen molar-refractivity contribution in [1.29, 1.82) is 0 Å². The van der Waals surface area contributed by atoms with E-state index in [2.05, 4.69) is 15.5 Å². The first-order valence-corrected chi connectivity index (χ1v) is 9.60. The second-order valence-corrected chi connectivity index (χ2v) is 8.25. The van der Waals surface area contributed by atoms with Gasteiger partial charge in [0.25, 0.3) is 0 Å². The molecular weight excluding hydrogens is 360 g/mol. The van der Waals surface area contributed by atoms with E-state index < -0.39 is 10.0 Å². The molecule has 130 valence electrons. The summed E-state index contributed by atoms with van der Waals surface area (Å²) in [5.41, 5.74) is 4.23. The fourth-order valence-electron chi connectivity index (χ4n) is 2.00. The van der Waals surface area contributed by atoms with Gasteiger partial charge in [-0.1, -0.05) is 12.1 Å². The minimum atomic E-state index is -3.48. The van der Waals surface area contributed by atoms with Crippen molar-refractivity contribution in [2.75, 3.05) is 19.5 Å². The number of aromatic nitrogens is 1. The zero-order valence-corrected chi connectivity index (χ0v) is 15.2. The van der Waals surface area contributed by atoms with Crippen LogP contribution < -0.4 is 5.43 Å². The largest absolute Gasteiger partial charge is 0.463 e. The van der Waals surface area contributed by atoms with Gasteiger partial charge in [-0.15, -0.1) is 11.3 Å². The van der Waals surface area contributed by atoms with Gasteiger partial charge >= 0.3 is 0 Å². The van der Waals surface area contributed by atoms with Crippen LogP contribution in [0.5, 0.6) is 0 Å². The Morgan fingerprint density at radius 2 is 2.12 bits per heavy atom. The lowest BCUT2D eigenvalue weighted by atomic mass is 10.2. The number of nitrogens with zero attached hydrogens (tertiary/aromatic N) is 3. The molecule has 1 aromatic carbocycles. The molecule has 25 heavy (non-hydrogen) atoms. The maximum absolute atomic E-state index is 12.2. The summed E-state index contributed by atoms with van der Waals surface area (Å²) < 4.78 is 30.8. The monoisotopic (exact) mass is 376 g/mol. The van der Waals surface area contributed by atoms with E-state index in [1.54, 1.807) is 42.8 Å². The summed E-state index contributed by atoms with van der Waals surface area (Å²) in [5, 5.41) is 6.48. The molecule has 0 saturated heterocycles. The lowest BCUT2D eigenvalue weighted by molar-refractivity contribution is 0.521. The molecule has 0 saturated carbocycles. The maximum Gasteiger partial charge on any atom is 0.242 e. The quantitative estimate of drug-likeness (QED) is 0.528. The Balaban J connectivity index is 1.78. The Morgan fingerprint density at radius 1 is 1.28 bits per heavy atom. The standard InChI is InChI=1S/C16H16N4O3S2/c1-20(2)25(21,22)14-7-3-5-12(9-14)15-11-24-16(18-15)19-17-10-13-6-4-8-23-13/h3-11H,1-2H3,(H,18,19)/b17-10-. The third-order valence-corrected chi connectivity index (χ3v) is 5.87. The van der Waals surface area contributed by atoms with E-state index in [1.807, 2.05) is 11.4 Å². The molecule has 1 N–H and O–H groups in total. The van der Waals surface area contributed by atoms with Crippen molar-refractivity contribution in [3.05, 3.63) is 53.8 Å². The van der Waals surface area contributed by atoms with Crippen molar-refractivity contribution >= 4 is 32.7 Å². The smallest absolute Gasteiger partial charge is 0.242 e. The molecule has 7 nitrogen and oxygen atoms in total. The molecule has 2 aromatic heterocycles. The van der Waals surface area contributed by atoms with E-state index in [4.69, 9.17) is 4.42 Å². The summed E-state index contributed by atoms with van der Waals surface area (Å²) in [5.74, 6) is 0.630. The summed E-state index contributed by atoms with van der Waals surface area (Å²) in [6.07, 6.45) is 3.11. The fourth-order valence-corrected chi connectivity index (χ4v) is 3.62. The first kappa shape index (κ1) is 17.3. The molecule has 9 heteroatoms. The fraction of sp³-hybridized carbons (Fsp3) is 0.125. The summed E-state index contributed by atoms with van der Waals surface area (Å²) >= 11 is 1.37. The van der Waals surface area contributed by atoms with Crippen LogP contribution in [0.1, 0.15) is 5.76 Å². The third kappa shape index (κ3) is 3.95. The van der Waals surface area contributed by atoms with Gasteiger partial charge in [0.15, 0.2) is 0 Å². The highest BCUT2D eigenvalue weighted by molar-refractivity contribution is 7.89. The molecular formula is C16H16N4O3S2. The second-order valence-electron chi connectivity index (χ2n) is 5.24. The second kappa shape index (κ2) is 7.18. The van der Waals surface area contributed by atoms with Gasteiger partial charge in [-0.3, -0.25) is 5.43 Å². The third-order valence-electron chi connectivity index (χ3n) is 3.31. The molecule has 0 aliphatic rings. The lowest BCUT2D eigenvalue weighted by Crippen LogP contribution is -2.22. The number of furan rings is 1. The number of anilines is 1. The van der Waals surface area contributed by atoms with Crippen LogP contribution >= 0.6 is 11.3 Å². The minimum Gasteiger partial charge on any atom is -0.463 e. The highest BCUT2D eigenvalue weighted by Crippen LogP contribution is 2.27. The molecule has 0 unspecified atom stereocenters. The minimum absolute atomic E-state index is 0.230. The van der Waals surface area contributed by atoms with Gasteiger partial charge in [0.05, 0.1) is 23.1 Å². The van der Waals surface area contributed by atoms with Crippen molar-refractivity contribution < 1.29 is 12.8 Å². The van der Waals surface area contributed by atoms with E-state index in [9.17, 15) is 8.42 Å². The molecule has 0 spiro atoms. The molecule has 0 amide bonds. The van der Waals surface area contributed by atoms with Crippen molar-refractivity contribution in [3.8, 4) is 11.3 Å². The van der Waals surface area contributed by atoms with Crippen LogP contribution in [0, 0.1) is 0 Å². The SMILES string of the molecule is CN(C)S(=O)(=O)c1cccc(-c2csc(N/N=C\c3ccco3)n2)c1. The maximum atomic E-state index is 12.2. The summed E-state index contributed by atoms with van der Waals surface area (Å²) in [4.78, 5) is 4.65. The van der Waals surface area contributed by atoms with E-state index in [-0.39, 0.29) is 4.90 Å². The highest BCUT2D eigenvalue weighted by Gasteiger charge is 2.18. The van der Waals surface area contributed by atoms with Crippen LogP contribution in [-0.4, -0.2) is 38.0 Å². The molecule has 3 aromatic rings. The van der Waals surface area contributed by atoms with Gasteiger partial charge in [0, 0.05) is 25.0 Å². The van der Waals surface area contributed by atoms with Crippen LogP contribution in [0.25, 0.3) is 11.3 Å². The number of sulfonamides is 1. The van der Waals surface area contributed by atoms with Gasteiger partial charge in [-0.25, -0.2) is 17.7 Å². The first-order chi connectivity index (χ1) is 12.0. The Kier molecular flexibility index (Phi) is 4.98. The normalized spacial score (nSPS) is 12.1. The van der Waals surface area contributed by atoms with Crippen molar-refractivity contribution in [2.45, 2.75) is 4.90 Å². The zero-order chi connectivity index (χ0) is 17.9. The lowest BCUT2D eigenvalue weighted by Gasteiger charge is -2.11. The number of nitrogens with one attached hydrogen (secondary N) is 1. The van der Waals surface area contributed by atoms with Crippen LogP contribution in [0.3, 0.4) is 0 Å². The summed E-state index contributed by atoms with van der Waals surface area (Å²) in [6, 6.07) is 10.3. The average molecular weight is 376 g/mol. The Hall–Kier alpha value is -2.49. The van der Waals surface area contributed by atoms with Crippen LogP contribution in [0.15, 0.2) is 62.5 Å². The van der Waals surface area contributed by atoms with Gasteiger partial charge < -0.3 is 4.42 Å². The van der Waals surface area contributed by atoms with Crippen molar-refractivity contribution in [3.63, 3.8) is 0 Å². The molecule has 0 bridgehead atoms. The Labute approximate surface area is 149 Å². The van der Waals surface area contributed by atoms with E-state index in [1.165, 1.54) is 29.7 Å². The Bertz CT molecular complexity index is 976. The molecule has 0 fully saturated rings. The number of hydrogen-bond donors (Lipinski definition) is 1. The van der Waals surface area contributed by atoms with Gasteiger partial charge in [0.1, 0.15) is 5.76 Å². The molecule has 0 atom stereocenters. The van der Waals surface area contributed by atoms with E-state index in [0.717, 1.165) is 5.56 Å². The highest BCUT2D eigenvalue weighted by atomic mass is 32.2. The van der Waals surface area contributed by atoms with Crippen molar-refractivity contribution in [1.82, 2.24) is 9.29 Å². The van der Waals surface area contributed by atoms with Crippen LogP contribution in [-0.2, 0) is 10.0 Å². The van der Waals surface area contributed by atoms with Gasteiger partial charge in [-0.05, 0) is 24.3 Å². The van der Waals surface area contributed by atoms with E-state index >= 15 is 0 Å². The summed E-state index contributed by atoms with van der Waals surface area (Å²) in [7, 11) is -0.473. The zero-order valence-electron chi connectivity index (χ0n) is 13.6. The molecule has 3 rings (SSSR count). The number of benzene rings is 1. The first-order valence-electron chi connectivity index (χ1n) is 7.28. The van der Waals surface area contributed by atoms with Gasteiger partial charge in [0.2, 0.25) is 15.2 Å². The topological polar surface area (TPSA) is 87.8 Å². The molecule has 0 aliphatic carbocycles. The van der Waals surface area contributed by atoms with Gasteiger partial charge in [-0.2, -0.15) is 5.10 Å².